The summed E-state index contributed by atoms with van der Waals surface area (Å²) in [7, 11) is 0. The fourth-order valence-electron chi connectivity index (χ4n) is 1.24. The lowest BCUT2D eigenvalue weighted by Gasteiger charge is -1.91. The van der Waals surface area contributed by atoms with Gasteiger partial charge in [-0.15, -0.1) is 0 Å². The second-order valence-electron chi connectivity index (χ2n) is 2.78. The first-order chi connectivity index (χ1) is 6.25. The van der Waals surface area contributed by atoms with Crippen LogP contribution in [0.2, 0.25) is 0 Å². The Morgan fingerprint density at radius 3 is 2.92 bits per heavy atom. The molecule has 1 heterocycles. The molecule has 0 spiro atoms. The summed E-state index contributed by atoms with van der Waals surface area (Å²) in [5.74, 6) is -0.882. The van der Waals surface area contributed by atoms with Crippen LogP contribution in [0.1, 0.15) is 0 Å². The van der Waals surface area contributed by atoms with E-state index in [0.717, 1.165) is 10.9 Å². The van der Waals surface area contributed by atoms with Crippen LogP contribution in [-0.2, 0) is 11.3 Å². The lowest BCUT2D eigenvalue weighted by atomic mass is 10.3. The van der Waals surface area contributed by atoms with Crippen molar-refractivity contribution in [3.8, 4) is 0 Å². The van der Waals surface area contributed by atoms with E-state index >= 15 is 0 Å². The van der Waals surface area contributed by atoms with Crippen molar-refractivity contribution in [3.05, 3.63) is 30.5 Å². The quantitative estimate of drug-likeness (QED) is 0.746. The summed E-state index contributed by atoms with van der Waals surface area (Å²) in [6, 6.07) is 7.53. The molecule has 4 nitrogen and oxygen atoms in total. The van der Waals surface area contributed by atoms with Crippen LogP contribution >= 0.6 is 0 Å². The molecule has 0 aliphatic rings. The predicted molar refractivity (Wildman–Crippen MR) is 47.4 cm³/mol. The molecule has 0 radical (unpaired) electrons. The minimum atomic E-state index is -0.882. The SMILES string of the molecule is O=C(O)Cn1cc2ccccc2n1. The number of fused-ring (bicyclic) bond motifs is 1. The van der Waals surface area contributed by atoms with Crippen molar-refractivity contribution >= 4 is 16.9 Å². The van der Waals surface area contributed by atoms with E-state index in [1.54, 1.807) is 6.20 Å². The van der Waals surface area contributed by atoms with Crippen molar-refractivity contribution in [2.24, 2.45) is 0 Å². The van der Waals surface area contributed by atoms with Gasteiger partial charge in [0.2, 0.25) is 0 Å². The second kappa shape index (κ2) is 2.90. The summed E-state index contributed by atoms with van der Waals surface area (Å²) < 4.78 is 1.42. The first-order valence-electron chi connectivity index (χ1n) is 3.90. The van der Waals surface area contributed by atoms with Crippen LogP contribution in [0, 0.1) is 0 Å². The van der Waals surface area contributed by atoms with Gasteiger partial charge < -0.3 is 5.11 Å². The number of rotatable bonds is 2. The maximum Gasteiger partial charge on any atom is 0.325 e. The molecule has 0 atom stereocenters. The van der Waals surface area contributed by atoms with Crippen molar-refractivity contribution in [2.75, 3.05) is 0 Å². The molecule has 0 amide bonds. The monoisotopic (exact) mass is 176 g/mol. The molecular weight excluding hydrogens is 168 g/mol. The van der Waals surface area contributed by atoms with Gasteiger partial charge >= 0.3 is 5.97 Å². The molecule has 0 aliphatic heterocycles. The van der Waals surface area contributed by atoms with Gasteiger partial charge in [-0.1, -0.05) is 18.2 Å². The molecule has 66 valence electrons. The molecule has 2 aromatic rings. The fourth-order valence-corrected chi connectivity index (χ4v) is 1.24. The van der Waals surface area contributed by atoms with E-state index in [2.05, 4.69) is 5.10 Å². The Bertz CT molecular complexity index is 415. The molecule has 0 saturated heterocycles. The average molecular weight is 176 g/mol. The fraction of sp³-hybridized carbons (Fsp3) is 0.111. The zero-order valence-corrected chi connectivity index (χ0v) is 6.84. The maximum absolute atomic E-state index is 10.4. The Labute approximate surface area is 74.4 Å². The van der Waals surface area contributed by atoms with Gasteiger partial charge in [-0.25, -0.2) is 0 Å². The molecule has 0 fully saturated rings. The minimum absolute atomic E-state index is 0.0886. The van der Waals surface area contributed by atoms with Crippen LogP contribution in [0.3, 0.4) is 0 Å². The number of hydrogen-bond donors (Lipinski definition) is 1. The highest BCUT2D eigenvalue weighted by Crippen LogP contribution is 2.10. The van der Waals surface area contributed by atoms with E-state index in [9.17, 15) is 4.79 Å². The number of carbonyl (C=O) groups is 1. The van der Waals surface area contributed by atoms with Gasteiger partial charge in [0, 0.05) is 11.6 Å². The van der Waals surface area contributed by atoms with Crippen molar-refractivity contribution < 1.29 is 9.90 Å². The second-order valence-corrected chi connectivity index (χ2v) is 2.78. The zero-order chi connectivity index (χ0) is 9.26. The molecule has 1 aromatic carbocycles. The van der Waals surface area contributed by atoms with E-state index in [0.29, 0.717) is 0 Å². The van der Waals surface area contributed by atoms with Crippen LogP contribution < -0.4 is 0 Å². The smallest absolute Gasteiger partial charge is 0.325 e. The van der Waals surface area contributed by atoms with Crippen molar-refractivity contribution in [3.63, 3.8) is 0 Å². The molecule has 0 bridgehead atoms. The number of aromatic nitrogens is 2. The predicted octanol–water partition coefficient (Wildman–Crippen LogP) is 1.12. The molecule has 0 aliphatic carbocycles. The molecule has 2 rings (SSSR count). The number of benzene rings is 1. The number of aliphatic carboxylic acids is 1. The molecule has 1 N–H and O–H groups in total. The highest BCUT2D eigenvalue weighted by Gasteiger charge is 2.02. The largest absolute Gasteiger partial charge is 0.480 e. The van der Waals surface area contributed by atoms with E-state index in [-0.39, 0.29) is 6.54 Å². The van der Waals surface area contributed by atoms with Gasteiger partial charge in [-0.3, -0.25) is 9.48 Å². The third kappa shape index (κ3) is 1.51. The summed E-state index contributed by atoms with van der Waals surface area (Å²) in [5, 5.41) is 13.6. The van der Waals surface area contributed by atoms with Gasteiger partial charge in [0.25, 0.3) is 0 Å². The number of nitrogens with zero attached hydrogens (tertiary/aromatic N) is 2. The summed E-state index contributed by atoms with van der Waals surface area (Å²) in [6.07, 6.45) is 1.73. The van der Waals surface area contributed by atoms with Gasteiger partial charge in [-0.2, -0.15) is 5.10 Å². The standard InChI is InChI=1S/C9H8N2O2/c12-9(13)6-11-5-7-3-1-2-4-8(7)10-11/h1-5H,6H2,(H,12,13). The zero-order valence-electron chi connectivity index (χ0n) is 6.84. The van der Waals surface area contributed by atoms with Crippen LogP contribution in [0.4, 0.5) is 0 Å². The minimum Gasteiger partial charge on any atom is -0.480 e. The normalized spacial score (nSPS) is 10.5. The summed E-state index contributed by atoms with van der Waals surface area (Å²) in [4.78, 5) is 10.4. The highest BCUT2D eigenvalue weighted by atomic mass is 16.4. The van der Waals surface area contributed by atoms with Crippen LogP contribution in [-0.4, -0.2) is 20.9 Å². The Balaban J connectivity index is 2.44. The summed E-state index contributed by atoms with van der Waals surface area (Å²) in [6.45, 7) is -0.0886. The van der Waals surface area contributed by atoms with Crippen LogP contribution in [0.15, 0.2) is 30.5 Å². The number of carboxylic acids is 1. The van der Waals surface area contributed by atoms with Crippen molar-refractivity contribution in [2.45, 2.75) is 6.54 Å². The average Bonchev–Trinajstić information content (AvgIpc) is 2.44. The lowest BCUT2D eigenvalue weighted by molar-refractivity contribution is -0.137. The van der Waals surface area contributed by atoms with Crippen LogP contribution in [0.25, 0.3) is 10.9 Å². The number of hydrogen-bond acceptors (Lipinski definition) is 2. The third-order valence-corrected chi connectivity index (χ3v) is 1.76. The highest BCUT2D eigenvalue weighted by molar-refractivity contribution is 5.78. The first kappa shape index (κ1) is 7.79. The topological polar surface area (TPSA) is 55.1 Å². The van der Waals surface area contributed by atoms with Gasteiger partial charge in [0.1, 0.15) is 6.54 Å². The molecule has 4 heteroatoms. The van der Waals surface area contributed by atoms with E-state index in [1.807, 2.05) is 24.3 Å². The molecular formula is C9H8N2O2. The molecule has 0 saturated carbocycles. The van der Waals surface area contributed by atoms with Gasteiger partial charge in [0.05, 0.1) is 5.52 Å². The Hall–Kier alpha value is -1.84. The lowest BCUT2D eigenvalue weighted by Crippen LogP contribution is -2.08. The molecule has 1 aromatic heterocycles. The molecule has 0 unspecified atom stereocenters. The van der Waals surface area contributed by atoms with Gasteiger partial charge in [0.15, 0.2) is 0 Å². The van der Waals surface area contributed by atoms with E-state index in [4.69, 9.17) is 5.11 Å². The third-order valence-electron chi connectivity index (χ3n) is 1.76. The Morgan fingerprint density at radius 1 is 1.46 bits per heavy atom. The van der Waals surface area contributed by atoms with Crippen molar-refractivity contribution in [1.29, 1.82) is 0 Å². The summed E-state index contributed by atoms with van der Waals surface area (Å²) >= 11 is 0. The molecule has 13 heavy (non-hydrogen) atoms. The number of carboxylic acid groups (broad SMARTS) is 1. The summed E-state index contributed by atoms with van der Waals surface area (Å²) in [5.41, 5.74) is 0.823. The first-order valence-corrected chi connectivity index (χ1v) is 3.90. The Kier molecular flexibility index (Phi) is 1.73. The van der Waals surface area contributed by atoms with Crippen LogP contribution in [0.5, 0.6) is 0 Å². The van der Waals surface area contributed by atoms with Crippen molar-refractivity contribution in [1.82, 2.24) is 9.78 Å². The maximum atomic E-state index is 10.4. The Morgan fingerprint density at radius 2 is 2.23 bits per heavy atom. The van der Waals surface area contributed by atoms with E-state index in [1.165, 1.54) is 4.68 Å². The van der Waals surface area contributed by atoms with Gasteiger partial charge in [-0.05, 0) is 6.07 Å². The van der Waals surface area contributed by atoms with E-state index < -0.39 is 5.97 Å².